The third-order valence-corrected chi connectivity index (χ3v) is 5.00. The van der Waals surface area contributed by atoms with Crippen LogP contribution >= 0.6 is 11.6 Å². The van der Waals surface area contributed by atoms with Crippen molar-refractivity contribution in [3.05, 3.63) is 22.5 Å². The number of carbonyl (C=O) groups excluding carboxylic acids is 2. The van der Waals surface area contributed by atoms with Crippen molar-refractivity contribution in [3.63, 3.8) is 0 Å². The number of hydrogen-bond donors (Lipinski definition) is 1. The average Bonchev–Trinajstić information content (AvgIpc) is 2.92. The summed E-state index contributed by atoms with van der Waals surface area (Å²) in [4.78, 5) is 25.6. The van der Waals surface area contributed by atoms with Gasteiger partial charge in [0.15, 0.2) is 0 Å². The number of ether oxygens (including phenoxy) is 1. The van der Waals surface area contributed by atoms with E-state index in [4.69, 9.17) is 16.3 Å². The Morgan fingerprint density at radius 3 is 2.67 bits per heavy atom. The highest BCUT2D eigenvalue weighted by atomic mass is 35.5. The first-order valence-electron chi connectivity index (χ1n) is 9.59. The van der Waals surface area contributed by atoms with Crippen molar-refractivity contribution in [3.8, 4) is 0 Å². The molecular weight excluding hydrogens is 368 g/mol. The van der Waals surface area contributed by atoms with Gasteiger partial charge in [0.05, 0.1) is 12.3 Å². The molecule has 1 saturated heterocycles. The summed E-state index contributed by atoms with van der Waals surface area (Å²) in [5, 5.41) is 7.98. The molecule has 1 aromatic heterocycles. The maximum absolute atomic E-state index is 12.2. The van der Waals surface area contributed by atoms with Crippen LogP contribution in [0.15, 0.2) is 6.08 Å². The monoisotopic (exact) mass is 396 g/mol. The first-order chi connectivity index (χ1) is 13.0. The number of nitrogens with one attached hydrogen (secondary N) is 1. The normalized spacial score (nSPS) is 15.3. The summed E-state index contributed by atoms with van der Waals surface area (Å²) in [6, 6.07) is 0.0525. The standard InChI is InChI=1S/C19H29ClN4O3/c1-4-6-11-24-18(20)16(14(3)22-24)7-8-17(25)21-15-9-12-23(13-10-15)19(26)27-5-2/h7-8,15H,4-6,9-13H2,1-3H3,(H,21,25)/b8-7+. The van der Waals surface area contributed by atoms with Crippen LogP contribution in [-0.2, 0) is 16.1 Å². The Bertz CT molecular complexity index is 679. The van der Waals surface area contributed by atoms with E-state index in [2.05, 4.69) is 17.3 Å². The summed E-state index contributed by atoms with van der Waals surface area (Å²) >= 11 is 6.38. The molecule has 1 aliphatic heterocycles. The maximum atomic E-state index is 12.2. The maximum Gasteiger partial charge on any atom is 0.409 e. The molecule has 0 radical (unpaired) electrons. The largest absolute Gasteiger partial charge is 0.450 e. The number of carbonyl (C=O) groups is 2. The molecule has 8 heteroatoms. The Balaban J connectivity index is 1.86. The van der Waals surface area contributed by atoms with E-state index in [-0.39, 0.29) is 18.0 Å². The van der Waals surface area contributed by atoms with Crippen molar-refractivity contribution in [1.29, 1.82) is 0 Å². The topological polar surface area (TPSA) is 76.5 Å². The molecule has 1 N–H and O–H groups in total. The lowest BCUT2D eigenvalue weighted by Crippen LogP contribution is -2.46. The number of nitrogens with zero attached hydrogens (tertiary/aromatic N) is 3. The van der Waals surface area contributed by atoms with Crippen molar-refractivity contribution >= 4 is 29.7 Å². The van der Waals surface area contributed by atoms with Crippen LogP contribution < -0.4 is 5.32 Å². The van der Waals surface area contributed by atoms with E-state index in [1.54, 1.807) is 22.6 Å². The summed E-state index contributed by atoms with van der Waals surface area (Å²) in [5.74, 6) is -0.165. The number of aryl methyl sites for hydroxylation is 2. The van der Waals surface area contributed by atoms with E-state index < -0.39 is 0 Å². The molecule has 0 saturated carbocycles. The number of hydrogen-bond acceptors (Lipinski definition) is 4. The van der Waals surface area contributed by atoms with Crippen LogP contribution in [0.25, 0.3) is 6.08 Å². The van der Waals surface area contributed by atoms with E-state index in [9.17, 15) is 9.59 Å². The molecule has 0 unspecified atom stereocenters. The highest BCUT2D eigenvalue weighted by molar-refractivity contribution is 6.31. The van der Waals surface area contributed by atoms with Crippen molar-refractivity contribution in [2.24, 2.45) is 0 Å². The van der Waals surface area contributed by atoms with Crippen molar-refractivity contribution < 1.29 is 14.3 Å². The van der Waals surface area contributed by atoms with E-state index in [1.807, 2.05) is 6.92 Å². The fourth-order valence-corrected chi connectivity index (χ4v) is 3.36. The number of unbranched alkanes of at least 4 members (excludes halogenated alkanes) is 1. The van der Waals surface area contributed by atoms with Crippen LogP contribution in [0.1, 0.15) is 50.8 Å². The molecule has 7 nitrogen and oxygen atoms in total. The third-order valence-electron chi connectivity index (χ3n) is 4.60. The zero-order valence-electron chi connectivity index (χ0n) is 16.3. The second-order valence-corrected chi connectivity index (χ2v) is 7.03. The Morgan fingerprint density at radius 2 is 2.04 bits per heavy atom. The third kappa shape index (κ3) is 5.99. The molecule has 1 aliphatic rings. The van der Waals surface area contributed by atoms with E-state index >= 15 is 0 Å². The highest BCUT2D eigenvalue weighted by Gasteiger charge is 2.24. The molecule has 0 atom stereocenters. The van der Waals surface area contributed by atoms with Gasteiger partial charge in [0.1, 0.15) is 5.15 Å². The number of aromatic nitrogens is 2. The predicted molar refractivity (Wildman–Crippen MR) is 106 cm³/mol. The van der Waals surface area contributed by atoms with E-state index in [0.29, 0.717) is 37.7 Å². The molecule has 1 aromatic rings. The van der Waals surface area contributed by atoms with Gasteiger partial charge in [0, 0.05) is 37.3 Å². The Morgan fingerprint density at radius 1 is 1.33 bits per heavy atom. The molecule has 0 bridgehead atoms. The molecule has 2 rings (SSSR count). The van der Waals surface area contributed by atoms with Gasteiger partial charge < -0.3 is 15.0 Å². The predicted octanol–water partition coefficient (Wildman–Crippen LogP) is 3.40. The molecule has 0 aromatic carbocycles. The first kappa shape index (κ1) is 21.3. The Kier molecular flexibility index (Phi) is 8.16. The summed E-state index contributed by atoms with van der Waals surface area (Å²) in [7, 11) is 0. The molecule has 1 fully saturated rings. The summed E-state index contributed by atoms with van der Waals surface area (Å²) in [6.07, 6.45) is 6.44. The molecule has 2 amide bonds. The van der Waals surface area contributed by atoms with Gasteiger partial charge in [0.2, 0.25) is 5.91 Å². The lowest BCUT2D eigenvalue weighted by Gasteiger charge is -2.31. The highest BCUT2D eigenvalue weighted by Crippen LogP contribution is 2.21. The van der Waals surface area contributed by atoms with Gasteiger partial charge in [0.25, 0.3) is 0 Å². The molecule has 0 aliphatic carbocycles. The van der Waals surface area contributed by atoms with Gasteiger partial charge in [-0.05, 0) is 39.2 Å². The van der Waals surface area contributed by atoms with Crippen LogP contribution in [0.2, 0.25) is 5.15 Å². The number of piperidine rings is 1. The summed E-state index contributed by atoms with van der Waals surface area (Å²) in [6.45, 7) is 8.11. The molecule has 27 heavy (non-hydrogen) atoms. The van der Waals surface area contributed by atoms with Crippen LogP contribution in [-0.4, -0.2) is 52.4 Å². The lowest BCUT2D eigenvalue weighted by molar-refractivity contribution is -0.117. The van der Waals surface area contributed by atoms with Crippen LogP contribution in [0.3, 0.4) is 0 Å². The quantitative estimate of drug-likeness (QED) is 0.716. The minimum absolute atomic E-state index is 0.0525. The fourth-order valence-electron chi connectivity index (χ4n) is 3.04. The zero-order valence-corrected chi connectivity index (χ0v) is 17.1. The minimum Gasteiger partial charge on any atom is -0.450 e. The second kappa shape index (κ2) is 10.3. The zero-order chi connectivity index (χ0) is 19.8. The van der Waals surface area contributed by atoms with Crippen LogP contribution in [0.5, 0.6) is 0 Å². The average molecular weight is 397 g/mol. The number of rotatable bonds is 7. The van der Waals surface area contributed by atoms with Crippen molar-refractivity contribution in [1.82, 2.24) is 20.0 Å². The summed E-state index contributed by atoms with van der Waals surface area (Å²) < 4.78 is 6.78. The Labute approximate surface area is 165 Å². The van der Waals surface area contributed by atoms with Gasteiger partial charge in [-0.25, -0.2) is 4.79 Å². The number of amides is 2. The van der Waals surface area contributed by atoms with Gasteiger partial charge in [-0.15, -0.1) is 0 Å². The number of likely N-dealkylation sites (tertiary alicyclic amines) is 1. The van der Waals surface area contributed by atoms with Crippen LogP contribution in [0, 0.1) is 6.92 Å². The summed E-state index contributed by atoms with van der Waals surface area (Å²) in [5.41, 5.74) is 1.59. The fraction of sp³-hybridized carbons (Fsp3) is 0.632. The molecule has 0 spiro atoms. The van der Waals surface area contributed by atoms with Crippen molar-refractivity contribution in [2.45, 2.75) is 59.0 Å². The Hall–Kier alpha value is -2.02. The smallest absolute Gasteiger partial charge is 0.409 e. The van der Waals surface area contributed by atoms with Gasteiger partial charge >= 0.3 is 6.09 Å². The molecule has 150 valence electrons. The number of halogens is 1. The second-order valence-electron chi connectivity index (χ2n) is 6.67. The van der Waals surface area contributed by atoms with E-state index in [0.717, 1.165) is 30.6 Å². The molecular formula is C19H29ClN4O3. The van der Waals surface area contributed by atoms with Gasteiger partial charge in [-0.1, -0.05) is 24.9 Å². The van der Waals surface area contributed by atoms with Crippen LogP contribution in [0.4, 0.5) is 4.79 Å². The first-order valence-corrected chi connectivity index (χ1v) is 9.97. The minimum atomic E-state index is -0.285. The van der Waals surface area contributed by atoms with Crippen molar-refractivity contribution in [2.75, 3.05) is 19.7 Å². The molecule has 2 heterocycles. The van der Waals surface area contributed by atoms with E-state index in [1.165, 1.54) is 6.08 Å². The lowest BCUT2D eigenvalue weighted by atomic mass is 10.1. The van der Waals surface area contributed by atoms with Gasteiger partial charge in [-0.2, -0.15) is 5.10 Å². The SMILES string of the molecule is CCCCn1nc(C)c(/C=C/C(=O)NC2CCN(C(=O)OCC)CC2)c1Cl. The van der Waals surface area contributed by atoms with Gasteiger partial charge in [-0.3, -0.25) is 9.48 Å².